The molecule has 2 aromatic heterocycles. The van der Waals surface area contributed by atoms with Gasteiger partial charge in [0.05, 0.1) is 5.39 Å². The number of hydrogen-bond donors (Lipinski definition) is 0. The molecule has 0 spiro atoms. The largest absolute Gasteiger partial charge is 0.438 e. The summed E-state index contributed by atoms with van der Waals surface area (Å²) in [6.45, 7) is 1.94. The number of aromatic nitrogens is 2. The molecule has 140 valence electrons. The van der Waals surface area contributed by atoms with Crippen molar-refractivity contribution in [3.63, 3.8) is 0 Å². The molecule has 2 heterocycles. The lowest BCUT2D eigenvalue weighted by Crippen LogP contribution is -2.00. The van der Waals surface area contributed by atoms with Crippen LogP contribution in [0.4, 0.5) is 0 Å². The molecule has 0 bridgehead atoms. The quantitative estimate of drug-likeness (QED) is 0.415. The Morgan fingerprint density at radius 1 is 0.893 bits per heavy atom. The van der Waals surface area contributed by atoms with Crippen molar-refractivity contribution in [3.8, 4) is 11.6 Å². The average Bonchev–Trinajstić information content (AvgIpc) is 3.08. The molecule has 1 aliphatic carbocycles. The van der Waals surface area contributed by atoms with Crippen LogP contribution in [0.3, 0.4) is 0 Å². The zero-order valence-corrected chi connectivity index (χ0v) is 16.8. The summed E-state index contributed by atoms with van der Waals surface area (Å²) in [5, 5.41) is 1.12. The Morgan fingerprint density at radius 2 is 1.64 bits per heavy atom. The molecule has 4 heteroatoms. The number of nitrogens with zero attached hydrogens (tertiary/aromatic N) is 2. The third kappa shape index (κ3) is 3.40. The monoisotopic (exact) mass is 386 g/mol. The average molecular weight is 387 g/mol. The second-order valence-corrected chi connectivity index (χ2v) is 8.46. The zero-order valence-electron chi connectivity index (χ0n) is 15.9. The van der Waals surface area contributed by atoms with Crippen LogP contribution in [-0.2, 0) is 19.3 Å². The molecule has 1 aliphatic rings. The lowest BCUT2D eigenvalue weighted by molar-refractivity contribution is 0.466. The summed E-state index contributed by atoms with van der Waals surface area (Å²) in [5.74, 6) is 2.30. The van der Waals surface area contributed by atoms with Gasteiger partial charge >= 0.3 is 0 Å². The van der Waals surface area contributed by atoms with Crippen LogP contribution in [0.2, 0.25) is 0 Å². The van der Waals surface area contributed by atoms with Crippen LogP contribution in [0.1, 0.15) is 40.2 Å². The molecule has 0 atom stereocenters. The highest BCUT2D eigenvalue weighted by Gasteiger charge is 2.21. The maximum atomic E-state index is 6.26. The van der Waals surface area contributed by atoms with Crippen LogP contribution in [-0.4, -0.2) is 9.97 Å². The molecule has 0 fully saturated rings. The Balaban J connectivity index is 1.44. The first-order valence-electron chi connectivity index (χ1n) is 9.86. The molecule has 0 amide bonds. The number of fused-ring (bicyclic) bond motifs is 3. The van der Waals surface area contributed by atoms with Gasteiger partial charge in [-0.2, -0.15) is 4.98 Å². The van der Waals surface area contributed by atoms with E-state index < -0.39 is 0 Å². The van der Waals surface area contributed by atoms with Crippen molar-refractivity contribution in [1.82, 2.24) is 9.97 Å². The molecule has 0 aliphatic heterocycles. The van der Waals surface area contributed by atoms with E-state index in [1.165, 1.54) is 34.4 Å². The summed E-state index contributed by atoms with van der Waals surface area (Å²) in [5.41, 5.74) is 3.99. The smallest absolute Gasteiger partial charge is 0.231 e. The molecule has 5 rings (SSSR count). The fourth-order valence-electron chi connectivity index (χ4n) is 3.92. The normalized spacial score (nSPS) is 13.5. The van der Waals surface area contributed by atoms with Gasteiger partial charge in [-0.25, -0.2) is 4.98 Å². The Kier molecular flexibility index (Phi) is 4.57. The molecule has 2 aromatic carbocycles. The summed E-state index contributed by atoms with van der Waals surface area (Å²) in [7, 11) is 0. The van der Waals surface area contributed by atoms with Crippen LogP contribution in [0.25, 0.3) is 10.2 Å². The summed E-state index contributed by atoms with van der Waals surface area (Å²) < 4.78 is 6.26. The molecule has 4 aromatic rings. The highest BCUT2D eigenvalue weighted by atomic mass is 32.1. The predicted molar refractivity (Wildman–Crippen MR) is 115 cm³/mol. The molecule has 0 radical (unpaired) electrons. The number of rotatable bonds is 4. The van der Waals surface area contributed by atoms with Crippen LogP contribution >= 0.6 is 11.3 Å². The number of ether oxygens (including phenoxy) is 1. The SMILES string of the molecule is Cc1nc(Oc2ccc(Cc3ccccc3)cc2)c2c3c(sc2n1)CCCC3. The van der Waals surface area contributed by atoms with E-state index in [9.17, 15) is 0 Å². The van der Waals surface area contributed by atoms with Gasteiger partial charge in [-0.05, 0) is 67.9 Å². The van der Waals surface area contributed by atoms with Gasteiger partial charge in [-0.3, -0.25) is 0 Å². The summed E-state index contributed by atoms with van der Waals surface area (Å²) in [4.78, 5) is 11.8. The van der Waals surface area contributed by atoms with E-state index in [2.05, 4.69) is 46.4 Å². The predicted octanol–water partition coefficient (Wildman–Crippen LogP) is 6.26. The highest BCUT2D eigenvalue weighted by Crippen LogP contribution is 2.40. The van der Waals surface area contributed by atoms with Gasteiger partial charge in [-0.15, -0.1) is 11.3 Å². The third-order valence-corrected chi connectivity index (χ3v) is 6.47. The topological polar surface area (TPSA) is 35.0 Å². The van der Waals surface area contributed by atoms with E-state index in [0.717, 1.165) is 41.1 Å². The third-order valence-electron chi connectivity index (χ3n) is 5.28. The summed E-state index contributed by atoms with van der Waals surface area (Å²) >= 11 is 1.81. The van der Waals surface area contributed by atoms with Crippen LogP contribution in [0.15, 0.2) is 54.6 Å². The first kappa shape index (κ1) is 17.4. The molecule has 28 heavy (non-hydrogen) atoms. The fraction of sp³-hybridized carbons (Fsp3) is 0.250. The van der Waals surface area contributed by atoms with E-state index in [4.69, 9.17) is 4.74 Å². The molecule has 3 nitrogen and oxygen atoms in total. The van der Waals surface area contributed by atoms with Crippen molar-refractivity contribution in [2.45, 2.75) is 39.0 Å². The van der Waals surface area contributed by atoms with Crippen molar-refractivity contribution in [1.29, 1.82) is 0 Å². The van der Waals surface area contributed by atoms with E-state index in [-0.39, 0.29) is 0 Å². The van der Waals surface area contributed by atoms with Crippen molar-refractivity contribution < 1.29 is 4.74 Å². The van der Waals surface area contributed by atoms with Crippen LogP contribution in [0, 0.1) is 6.92 Å². The van der Waals surface area contributed by atoms with Crippen LogP contribution < -0.4 is 4.74 Å². The number of benzene rings is 2. The second-order valence-electron chi connectivity index (χ2n) is 7.38. The summed E-state index contributed by atoms with van der Waals surface area (Å²) in [6, 6.07) is 18.9. The minimum Gasteiger partial charge on any atom is -0.438 e. The fourth-order valence-corrected chi connectivity index (χ4v) is 5.22. The number of hydrogen-bond acceptors (Lipinski definition) is 4. The van der Waals surface area contributed by atoms with E-state index in [1.54, 1.807) is 0 Å². The van der Waals surface area contributed by atoms with E-state index >= 15 is 0 Å². The Hall–Kier alpha value is -2.72. The maximum Gasteiger partial charge on any atom is 0.231 e. The van der Waals surface area contributed by atoms with Crippen molar-refractivity contribution >= 4 is 21.6 Å². The maximum absolute atomic E-state index is 6.26. The first-order chi connectivity index (χ1) is 13.8. The van der Waals surface area contributed by atoms with Crippen molar-refractivity contribution in [2.75, 3.05) is 0 Å². The van der Waals surface area contributed by atoms with E-state index in [1.807, 2.05) is 36.5 Å². The van der Waals surface area contributed by atoms with Gasteiger partial charge in [0.25, 0.3) is 0 Å². The molecule has 0 saturated carbocycles. The standard InChI is InChI=1S/C24H22N2OS/c1-16-25-23(22-20-9-5-6-10-21(20)28-24(22)26-16)27-19-13-11-18(12-14-19)15-17-7-3-2-4-8-17/h2-4,7-8,11-14H,5-6,9-10,15H2,1H3. The number of thiophene rings is 1. The van der Waals surface area contributed by atoms with Gasteiger partial charge in [0.2, 0.25) is 5.88 Å². The Bertz CT molecular complexity index is 1120. The Morgan fingerprint density at radius 3 is 2.46 bits per heavy atom. The lowest BCUT2D eigenvalue weighted by Gasteiger charge is -2.12. The molecule has 0 N–H and O–H groups in total. The van der Waals surface area contributed by atoms with Gasteiger partial charge in [0.1, 0.15) is 16.4 Å². The first-order valence-corrected chi connectivity index (χ1v) is 10.7. The van der Waals surface area contributed by atoms with Gasteiger partial charge in [0, 0.05) is 4.88 Å². The number of aryl methyl sites for hydroxylation is 3. The second kappa shape index (κ2) is 7.36. The molecular weight excluding hydrogens is 364 g/mol. The zero-order chi connectivity index (χ0) is 18.9. The van der Waals surface area contributed by atoms with Crippen molar-refractivity contribution in [3.05, 3.63) is 82.0 Å². The van der Waals surface area contributed by atoms with Crippen molar-refractivity contribution in [2.24, 2.45) is 0 Å². The van der Waals surface area contributed by atoms with Gasteiger partial charge < -0.3 is 4.74 Å². The minimum atomic E-state index is 0.706. The summed E-state index contributed by atoms with van der Waals surface area (Å²) in [6.07, 6.45) is 5.69. The van der Waals surface area contributed by atoms with Crippen LogP contribution in [0.5, 0.6) is 11.6 Å². The van der Waals surface area contributed by atoms with Gasteiger partial charge in [-0.1, -0.05) is 42.5 Å². The minimum absolute atomic E-state index is 0.706. The molecule has 0 saturated heterocycles. The highest BCUT2D eigenvalue weighted by molar-refractivity contribution is 7.18. The van der Waals surface area contributed by atoms with Gasteiger partial charge in [0.15, 0.2) is 0 Å². The lowest BCUT2D eigenvalue weighted by atomic mass is 9.97. The molecule has 0 unspecified atom stereocenters. The van der Waals surface area contributed by atoms with E-state index in [0.29, 0.717) is 5.88 Å². The Labute approximate surface area is 169 Å². The molecular formula is C24H22N2OS.